The predicted molar refractivity (Wildman–Crippen MR) is 50.3 cm³/mol. The Balaban J connectivity index is 3.06. The summed E-state index contributed by atoms with van der Waals surface area (Å²) in [4.78, 5) is 9.55. The molecule has 14 heavy (non-hydrogen) atoms. The molecule has 5 heteroatoms. The van der Waals surface area contributed by atoms with Crippen molar-refractivity contribution in [3.63, 3.8) is 0 Å². The fraction of sp³-hybridized carbons (Fsp3) is 0.333. The predicted octanol–water partition coefficient (Wildman–Crippen LogP) is 2.14. The summed E-state index contributed by atoms with van der Waals surface area (Å²) in [6.45, 7) is 1.87. The molecule has 1 unspecified atom stereocenters. The van der Waals surface area contributed by atoms with E-state index in [-0.39, 0.29) is 6.04 Å². The van der Waals surface area contributed by atoms with Gasteiger partial charge in [-0.1, -0.05) is 13.0 Å². The molecule has 4 nitrogen and oxygen atoms in total. The number of nitrogens with two attached hydrogens (primary N) is 1. The van der Waals surface area contributed by atoms with E-state index in [2.05, 4.69) is 0 Å². The number of nitro benzene ring substituents is 1. The Kier molecular flexibility index (Phi) is 3.14. The first kappa shape index (κ1) is 10.6. The first-order chi connectivity index (χ1) is 6.56. The van der Waals surface area contributed by atoms with Crippen LogP contribution in [0.5, 0.6) is 0 Å². The molecule has 1 aromatic carbocycles. The zero-order chi connectivity index (χ0) is 10.7. The van der Waals surface area contributed by atoms with Gasteiger partial charge in [0.05, 0.1) is 4.92 Å². The van der Waals surface area contributed by atoms with Crippen molar-refractivity contribution in [2.24, 2.45) is 5.73 Å². The van der Waals surface area contributed by atoms with Crippen LogP contribution in [0.4, 0.5) is 10.1 Å². The summed E-state index contributed by atoms with van der Waals surface area (Å²) < 4.78 is 13.1. The van der Waals surface area contributed by atoms with Gasteiger partial charge in [-0.25, -0.2) is 0 Å². The molecule has 0 aliphatic rings. The normalized spacial score (nSPS) is 12.5. The summed E-state index contributed by atoms with van der Waals surface area (Å²) in [5.41, 5.74) is 5.72. The molecule has 1 aromatic rings. The van der Waals surface area contributed by atoms with Crippen LogP contribution in [0.15, 0.2) is 18.2 Å². The molecule has 0 radical (unpaired) electrons. The van der Waals surface area contributed by atoms with E-state index in [9.17, 15) is 14.5 Å². The molecule has 1 atom stereocenters. The van der Waals surface area contributed by atoms with Gasteiger partial charge in [-0.3, -0.25) is 10.1 Å². The van der Waals surface area contributed by atoms with Gasteiger partial charge in [0, 0.05) is 12.1 Å². The number of hydrogen-bond donors (Lipinski definition) is 1. The number of hydrogen-bond acceptors (Lipinski definition) is 3. The van der Waals surface area contributed by atoms with E-state index in [1.54, 1.807) is 0 Å². The second-order valence-corrected chi connectivity index (χ2v) is 2.98. The number of rotatable bonds is 3. The third kappa shape index (κ3) is 2.05. The molecule has 0 heterocycles. The molecular formula is C9H11FN2O2. The van der Waals surface area contributed by atoms with Crippen LogP contribution in [0, 0.1) is 15.9 Å². The van der Waals surface area contributed by atoms with Gasteiger partial charge < -0.3 is 5.73 Å². The van der Waals surface area contributed by atoms with Gasteiger partial charge >= 0.3 is 5.69 Å². The maximum atomic E-state index is 13.1. The molecule has 0 aliphatic heterocycles. The average molecular weight is 198 g/mol. The topological polar surface area (TPSA) is 69.2 Å². The molecule has 0 aromatic heterocycles. The van der Waals surface area contributed by atoms with Crippen molar-refractivity contribution in [3.05, 3.63) is 39.7 Å². The highest BCUT2D eigenvalue weighted by atomic mass is 19.1. The first-order valence-electron chi connectivity index (χ1n) is 4.25. The van der Waals surface area contributed by atoms with E-state index < -0.39 is 16.4 Å². The summed E-state index contributed by atoms with van der Waals surface area (Å²) >= 11 is 0. The molecule has 2 N–H and O–H groups in total. The van der Waals surface area contributed by atoms with E-state index in [4.69, 9.17) is 5.73 Å². The minimum Gasteiger partial charge on any atom is -0.324 e. The highest BCUT2D eigenvalue weighted by Crippen LogP contribution is 2.21. The lowest BCUT2D eigenvalue weighted by atomic mass is 10.1. The monoisotopic (exact) mass is 198 g/mol. The lowest BCUT2D eigenvalue weighted by Crippen LogP contribution is -2.09. The van der Waals surface area contributed by atoms with Crippen LogP contribution in [0.25, 0.3) is 0 Å². The van der Waals surface area contributed by atoms with Crippen molar-refractivity contribution in [1.82, 2.24) is 0 Å². The molecule has 0 fully saturated rings. The number of nitrogens with zero attached hydrogens (tertiary/aromatic N) is 1. The van der Waals surface area contributed by atoms with E-state index >= 15 is 0 Å². The van der Waals surface area contributed by atoms with E-state index in [1.807, 2.05) is 6.92 Å². The summed E-state index contributed by atoms with van der Waals surface area (Å²) in [5, 5.41) is 10.3. The summed E-state index contributed by atoms with van der Waals surface area (Å²) in [5.74, 6) is -0.837. The van der Waals surface area contributed by atoms with Gasteiger partial charge in [-0.05, 0) is 18.1 Å². The van der Waals surface area contributed by atoms with Crippen LogP contribution < -0.4 is 5.73 Å². The quantitative estimate of drug-likeness (QED) is 0.597. The van der Waals surface area contributed by atoms with Gasteiger partial charge in [0.25, 0.3) is 0 Å². The molecule has 0 saturated carbocycles. The van der Waals surface area contributed by atoms with Gasteiger partial charge in [0.1, 0.15) is 0 Å². The van der Waals surface area contributed by atoms with Crippen molar-refractivity contribution in [1.29, 1.82) is 0 Å². The maximum Gasteiger partial charge on any atom is 0.304 e. The van der Waals surface area contributed by atoms with Gasteiger partial charge in [-0.2, -0.15) is 4.39 Å². The Morgan fingerprint density at radius 1 is 1.64 bits per heavy atom. The summed E-state index contributed by atoms with van der Waals surface area (Å²) in [6, 6.07) is 3.47. The Morgan fingerprint density at radius 3 is 2.71 bits per heavy atom. The summed E-state index contributed by atoms with van der Waals surface area (Å²) in [6.07, 6.45) is 0.664. The van der Waals surface area contributed by atoms with Crippen molar-refractivity contribution < 1.29 is 9.31 Å². The number of halogens is 1. The van der Waals surface area contributed by atoms with Crippen molar-refractivity contribution >= 4 is 5.69 Å². The SMILES string of the molecule is CCC(N)c1ccc([N+](=O)[O-])c(F)c1. The van der Waals surface area contributed by atoms with Gasteiger partial charge in [0.2, 0.25) is 5.82 Å². The van der Waals surface area contributed by atoms with Gasteiger partial charge in [0.15, 0.2) is 0 Å². The van der Waals surface area contributed by atoms with Crippen LogP contribution in [0.1, 0.15) is 24.9 Å². The molecule has 0 saturated heterocycles. The Hall–Kier alpha value is -1.49. The van der Waals surface area contributed by atoms with Crippen molar-refractivity contribution in [2.45, 2.75) is 19.4 Å². The highest BCUT2D eigenvalue weighted by molar-refractivity contribution is 5.36. The zero-order valence-electron chi connectivity index (χ0n) is 7.74. The van der Waals surface area contributed by atoms with Crippen LogP contribution >= 0.6 is 0 Å². The Labute approximate surface area is 80.7 Å². The third-order valence-corrected chi connectivity index (χ3v) is 2.04. The average Bonchev–Trinajstić information content (AvgIpc) is 2.15. The Morgan fingerprint density at radius 2 is 2.29 bits per heavy atom. The number of benzene rings is 1. The zero-order valence-corrected chi connectivity index (χ0v) is 7.74. The van der Waals surface area contributed by atoms with Gasteiger partial charge in [-0.15, -0.1) is 0 Å². The minimum atomic E-state index is -0.837. The van der Waals surface area contributed by atoms with Crippen molar-refractivity contribution in [2.75, 3.05) is 0 Å². The van der Waals surface area contributed by atoms with Crippen LogP contribution in [0.2, 0.25) is 0 Å². The minimum absolute atomic E-state index is 0.273. The largest absolute Gasteiger partial charge is 0.324 e. The smallest absolute Gasteiger partial charge is 0.304 e. The van der Waals surface area contributed by atoms with Crippen LogP contribution in [-0.2, 0) is 0 Å². The molecular weight excluding hydrogens is 187 g/mol. The van der Waals surface area contributed by atoms with E-state index in [0.717, 1.165) is 12.1 Å². The third-order valence-electron chi connectivity index (χ3n) is 2.04. The van der Waals surface area contributed by atoms with E-state index in [1.165, 1.54) is 6.07 Å². The maximum absolute atomic E-state index is 13.1. The van der Waals surface area contributed by atoms with Crippen molar-refractivity contribution in [3.8, 4) is 0 Å². The lowest BCUT2D eigenvalue weighted by molar-refractivity contribution is -0.387. The van der Waals surface area contributed by atoms with E-state index in [0.29, 0.717) is 12.0 Å². The first-order valence-corrected chi connectivity index (χ1v) is 4.25. The fourth-order valence-electron chi connectivity index (χ4n) is 1.14. The molecule has 0 spiro atoms. The molecule has 76 valence electrons. The summed E-state index contributed by atoms with van der Waals surface area (Å²) in [7, 11) is 0. The fourth-order valence-corrected chi connectivity index (χ4v) is 1.14. The number of nitro groups is 1. The second-order valence-electron chi connectivity index (χ2n) is 2.98. The van der Waals surface area contributed by atoms with Crippen LogP contribution in [0.3, 0.4) is 0 Å². The standard InChI is InChI=1S/C9H11FN2O2/c1-2-8(11)6-3-4-9(12(13)14)7(10)5-6/h3-5,8H,2,11H2,1H3. The Bertz CT molecular complexity index is 355. The lowest BCUT2D eigenvalue weighted by Gasteiger charge is -2.08. The highest BCUT2D eigenvalue weighted by Gasteiger charge is 2.15. The van der Waals surface area contributed by atoms with Crippen LogP contribution in [-0.4, -0.2) is 4.92 Å². The molecule has 0 bridgehead atoms. The molecule has 0 aliphatic carbocycles. The molecule has 1 rings (SSSR count). The molecule has 0 amide bonds. The second kappa shape index (κ2) is 4.15.